The van der Waals surface area contributed by atoms with Gasteiger partial charge in [-0.05, 0) is 29.9 Å². The summed E-state index contributed by atoms with van der Waals surface area (Å²) >= 11 is 0. The Morgan fingerprint density at radius 3 is 2.40 bits per heavy atom. The van der Waals surface area contributed by atoms with E-state index in [-0.39, 0.29) is 23.5 Å². The third-order valence-corrected chi connectivity index (χ3v) is 4.17. The molecule has 2 rings (SSSR count). The Hall–Kier alpha value is -1.35. The number of hydrogen-bond acceptors (Lipinski definition) is 2. The van der Waals surface area contributed by atoms with Gasteiger partial charge in [-0.3, -0.25) is 10.1 Å². The van der Waals surface area contributed by atoms with Crippen molar-refractivity contribution in [2.45, 2.75) is 58.7 Å². The van der Waals surface area contributed by atoms with Crippen molar-refractivity contribution in [3.05, 3.63) is 35.4 Å². The molecule has 0 spiro atoms. The van der Waals surface area contributed by atoms with Crippen LogP contribution in [0.25, 0.3) is 0 Å². The molecule has 20 heavy (non-hydrogen) atoms. The molecule has 1 N–H and O–H groups in total. The van der Waals surface area contributed by atoms with Crippen LogP contribution in [0.4, 0.5) is 0 Å². The number of carbonyl (C=O) groups excluding carboxylic acids is 1. The van der Waals surface area contributed by atoms with Crippen LogP contribution in [-0.2, 0) is 10.2 Å². The number of benzene rings is 1. The summed E-state index contributed by atoms with van der Waals surface area (Å²) < 4.78 is 0. The smallest absolute Gasteiger partial charge is 0.238 e. The van der Waals surface area contributed by atoms with Crippen LogP contribution in [0.3, 0.4) is 0 Å². The topological polar surface area (TPSA) is 32.3 Å². The Balaban J connectivity index is 2.25. The quantitative estimate of drug-likeness (QED) is 0.918. The first-order valence-corrected chi connectivity index (χ1v) is 7.49. The van der Waals surface area contributed by atoms with Crippen LogP contribution in [0, 0.1) is 0 Å². The van der Waals surface area contributed by atoms with Gasteiger partial charge in [0.2, 0.25) is 5.91 Å². The van der Waals surface area contributed by atoms with Crippen molar-refractivity contribution < 1.29 is 4.79 Å². The molecular formula is C17H26N2O. The van der Waals surface area contributed by atoms with Gasteiger partial charge < -0.3 is 4.90 Å². The summed E-state index contributed by atoms with van der Waals surface area (Å²) in [5, 5.41) is 3.32. The molecule has 0 saturated carbocycles. The Morgan fingerprint density at radius 1 is 1.30 bits per heavy atom. The number of hydrogen-bond donors (Lipinski definition) is 1. The maximum atomic E-state index is 12.0. The lowest BCUT2D eigenvalue weighted by atomic mass is 9.86. The molecule has 0 radical (unpaired) electrons. The van der Waals surface area contributed by atoms with Gasteiger partial charge in [0.15, 0.2) is 0 Å². The minimum absolute atomic E-state index is 0.0199. The van der Waals surface area contributed by atoms with Gasteiger partial charge >= 0.3 is 0 Å². The molecule has 0 bridgehead atoms. The Bertz CT molecular complexity index is 473. The summed E-state index contributed by atoms with van der Waals surface area (Å²) in [6.45, 7) is 11.3. The lowest BCUT2D eigenvalue weighted by molar-refractivity contribution is -0.130. The van der Waals surface area contributed by atoms with Gasteiger partial charge in [0.25, 0.3) is 0 Å². The highest BCUT2D eigenvalue weighted by Gasteiger charge is 2.34. The van der Waals surface area contributed by atoms with E-state index in [2.05, 4.69) is 64.2 Å². The molecule has 1 fully saturated rings. The average molecular weight is 274 g/mol. The van der Waals surface area contributed by atoms with E-state index in [1.54, 1.807) is 0 Å². The molecule has 110 valence electrons. The molecule has 0 aliphatic carbocycles. The van der Waals surface area contributed by atoms with Gasteiger partial charge in [0.1, 0.15) is 6.17 Å². The molecule has 1 aliphatic rings. The third-order valence-electron chi connectivity index (χ3n) is 4.17. The van der Waals surface area contributed by atoms with Crippen molar-refractivity contribution in [2.24, 2.45) is 0 Å². The van der Waals surface area contributed by atoms with Crippen LogP contribution in [0.1, 0.15) is 58.3 Å². The number of carbonyl (C=O) groups is 1. The van der Waals surface area contributed by atoms with E-state index in [1.165, 1.54) is 11.1 Å². The zero-order valence-electron chi connectivity index (χ0n) is 13.2. The van der Waals surface area contributed by atoms with E-state index < -0.39 is 0 Å². The van der Waals surface area contributed by atoms with Crippen molar-refractivity contribution in [3.63, 3.8) is 0 Å². The molecule has 1 saturated heterocycles. The second-order valence-electron chi connectivity index (χ2n) is 6.71. The fourth-order valence-corrected chi connectivity index (χ4v) is 2.66. The summed E-state index contributed by atoms with van der Waals surface area (Å²) in [6.07, 6.45) is 0.996. The van der Waals surface area contributed by atoms with Crippen LogP contribution >= 0.6 is 0 Å². The molecule has 1 aromatic carbocycles. The SMILES string of the molecule is CCC(C)N1C(=O)CNC1c1ccc(C(C)(C)C)cc1. The third kappa shape index (κ3) is 2.88. The standard InChI is InChI=1S/C17H26N2O/c1-6-12(2)19-15(20)11-18-16(19)13-7-9-14(10-8-13)17(3,4)5/h7-10,12,16,18H,6,11H2,1-5H3. The summed E-state index contributed by atoms with van der Waals surface area (Å²) in [5.41, 5.74) is 2.65. The second kappa shape index (κ2) is 5.57. The van der Waals surface area contributed by atoms with Crippen LogP contribution in [0.5, 0.6) is 0 Å². The summed E-state index contributed by atoms with van der Waals surface area (Å²) in [6, 6.07) is 8.91. The van der Waals surface area contributed by atoms with Crippen LogP contribution in [-0.4, -0.2) is 23.4 Å². The average Bonchev–Trinajstić information content (AvgIpc) is 2.79. The minimum Gasteiger partial charge on any atom is -0.319 e. The zero-order chi connectivity index (χ0) is 14.9. The number of nitrogens with zero attached hydrogens (tertiary/aromatic N) is 1. The van der Waals surface area contributed by atoms with Gasteiger partial charge in [-0.15, -0.1) is 0 Å². The highest BCUT2D eigenvalue weighted by molar-refractivity contribution is 5.81. The van der Waals surface area contributed by atoms with Crippen molar-refractivity contribution in [1.82, 2.24) is 10.2 Å². The molecule has 1 heterocycles. The monoisotopic (exact) mass is 274 g/mol. The Morgan fingerprint density at radius 2 is 1.90 bits per heavy atom. The van der Waals surface area contributed by atoms with Gasteiger partial charge in [-0.25, -0.2) is 0 Å². The predicted octanol–water partition coefficient (Wildman–Crippen LogP) is 3.21. The zero-order valence-corrected chi connectivity index (χ0v) is 13.2. The van der Waals surface area contributed by atoms with Crippen molar-refractivity contribution in [3.8, 4) is 0 Å². The van der Waals surface area contributed by atoms with E-state index >= 15 is 0 Å². The largest absolute Gasteiger partial charge is 0.319 e. The molecular weight excluding hydrogens is 248 g/mol. The maximum Gasteiger partial charge on any atom is 0.238 e. The van der Waals surface area contributed by atoms with Gasteiger partial charge in [0.05, 0.1) is 6.54 Å². The molecule has 2 atom stereocenters. The van der Waals surface area contributed by atoms with Gasteiger partial charge in [0, 0.05) is 6.04 Å². The molecule has 3 nitrogen and oxygen atoms in total. The van der Waals surface area contributed by atoms with E-state index in [4.69, 9.17) is 0 Å². The van der Waals surface area contributed by atoms with Crippen molar-refractivity contribution >= 4 is 5.91 Å². The van der Waals surface area contributed by atoms with Gasteiger partial charge in [-0.1, -0.05) is 52.0 Å². The first-order valence-electron chi connectivity index (χ1n) is 7.49. The van der Waals surface area contributed by atoms with Crippen LogP contribution < -0.4 is 5.32 Å². The highest BCUT2D eigenvalue weighted by atomic mass is 16.2. The Kier molecular flexibility index (Phi) is 4.19. The molecule has 1 aromatic rings. The van der Waals surface area contributed by atoms with Crippen molar-refractivity contribution in [1.29, 1.82) is 0 Å². The van der Waals surface area contributed by atoms with E-state index in [9.17, 15) is 4.79 Å². The molecule has 2 unspecified atom stereocenters. The summed E-state index contributed by atoms with van der Waals surface area (Å²) in [5.74, 6) is 0.198. The second-order valence-corrected chi connectivity index (χ2v) is 6.71. The van der Waals surface area contributed by atoms with Crippen LogP contribution in [0.2, 0.25) is 0 Å². The van der Waals surface area contributed by atoms with E-state index in [1.807, 2.05) is 4.90 Å². The first kappa shape index (κ1) is 15.0. The highest BCUT2D eigenvalue weighted by Crippen LogP contribution is 2.28. The summed E-state index contributed by atoms with van der Waals surface area (Å²) in [4.78, 5) is 14.0. The fraction of sp³-hybridized carbons (Fsp3) is 0.588. The normalized spacial score (nSPS) is 21.4. The van der Waals surface area contributed by atoms with Crippen molar-refractivity contribution in [2.75, 3.05) is 6.54 Å². The lowest BCUT2D eigenvalue weighted by Crippen LogP contribution is -2.37. The molecule has 1 amide bonds. The summed E-state index contributed by atoms with van der Waals surface area (Å²) in [7, 11) is 0. The van der Waals surface area contributed by atoms with Crippen LogP contribution in [0.15, 0.2) is 24.3 Å². The lowest BCUT2D eigenvalue weighted by Gasteiger charge is -2.30. The first-order chi connectivity index (χ1) is 9.34. The maximum absolute atomic E-state index is 12.0. The number of nitrogens with one attached hydrogen (secondary N) is 1. The number of rotatable bonds is 3. The number of amides is 1. The fourth-order valence-electron chi connectivity index (χ4n) is 2.66. The molecule has 0 aromatic heterocycles. The van der Waals surface area contributed by atoms with Gasteiger partial charge in [-0.2, -0.15) is 0 Å². The minimum atomic E-state index is 0.0199. The molecule has 3 heteroatoms. The van der Waals surface area contributed by atoms with E-state index in [0.29, 0.717) is 6.54 Å². The predicted molar refractivity (Wildman–Crippen MR) is 82.5 cm³/mol. The molecule has 1 aliphatic heterocycles. The Labute approximate surface area is 122 Å². The van der Waals surface area contributed by atoms with E-state index in [0.717, 1.165) is 6.42 Å².